The lowest BCUT2D eigenvalue weighted by molar-refractivity contribution is -0.240. The quantitative estimate of drug-likeness (QED) is 0.646. The van der Waals surface area contributed by atoms with Crippen molar-refractivity contribution in [2.75, 3.05) is 0 Å². The van der Waals surface area contributed by atoms with Crippen LogP contribution in [0.5, 0.6) is 0 Å². The summed E-state index contributed by atoms with van der Waals surface area (Å²) in [6.07, 6.45) is -2.89. The van der Waals surface area contributed by atoms with Crippen LogP contribution in [0.2, 0.25) is 0 Å². The van der Waals surface area contributed by atoms with Gasteiger partial charge in [-0.1, -0.05) is 55.5 Å². The minimum absolute atomic E-state index is 0.249. The van der Waals surface area contributed by atoms with Gasteiger partial charge in [0.1, 0.15) is 0 Å². The topological polar surface area (TPSA) is 20.2 Å². The Kier molecular flexibility index (Phi) is 4.80. The van der Waals surface area contributed by atoms with Gasteiger partial charge in [-0.3, -0.25) is 0 Å². The minimum atomic E-state index is -4.81. The molecule has 1 N–H and O–H groups in total. The van der Waals surface area contributed by atoms with Crippen molar-refractivity contribution in [1.29, 1.82) is 0 Å². The van der Waals surface area contributed by atoms with E-state index in [4.69, 9.17) is 0 Å². The maximum Gasteiger partial charge on any atom is 0.433 e. The molecule has 0 saturated carbocycles. The summed E-state index contributed by atoms with van der Waals surface area (Å²) >= 11 is 0. The van der Waals surface area contributed by atoms with Crippen molar-refractivity contribution < 1.29 is 18.3 Å². The van der Waals surface area contributed by atoms with Crippen LogP contribution in [0.3, 0.4) is 0 Å². The van der Waals surface area contributed by atoms with Gasteiger partial charge < -0.3 is 5.11 Å². The third kappa shape index (κ3) is 3.27. The lowest BCUT2D eigenvalue weighted by atomic mass is 9.93. The summed E-state index contributed by atoms with van der Waals surface area (Å²) in [5.41, 5.74) is -3.33. The average Bonchev–Trinajstić information content (AvgIpc) is 2.34. The van der Waals surface area contributed by atoms with E-state index in [-0.39, 0.29) is 5.56 Å². The van der Waals surface area contributed by atoms with E-state index in [1.54, 1.807) is 6.07 Å². The molecule has 0 aliphatic carbocycles. The SMILES string of the molecule is CCCCC#CC(O)(c1ccccc1)C(F)(F)F. The fourth-order valence-electron chi connectivity index (χ4n) is 1.44. The first-order chi connectivity index (χ1) is 8.42. The molecule has 98 valence electrons. The molecule has 0 saturated heterocycles. The highest BCUT2D eigenvalue weighted by Gasteiger charge is 2.54. The third-order valence-electron chi connectivity index (χ3n) is 2.53. The number of aliphatic hydroxyl groups is 1. The Bertz CT molecular complexity index is 428. The van der Waals surface area contributed by atoms with Gasteiger partial charge in [0.05, 0.1) is 0 Å². The maximum absolute atomic E-state index is 12.9. The highest BCUT2D eigenvalue weighted by molar-refractivity contribution is 5.33. The second-order valence-corrected chi connectivity index (χ2v) is 3.98. The van der Waals surface area contributed by atoms with E-state index < -0.39 is 11.8 Å². The Balaban J connectivity index is 3.07. The van der Waals surface area contributed by atoms with Crippen LogP contribution in [0.25, 0.3) is 0 Å². The van der Waals surface area contributed by atoms with Gasteiger partial charge in [0, 0.05) is 12.0 Å². The lowest BCUT2D eigenvalue weighted by Gasteiger charge is -2.25. The van der Waals surface area contributed by atoms with Crippen molar-refractivity contribution in [3.63, 3.8) is 0 Å². The van der Waals surface area contributed by atoms with Gasteiger partial charge in [0.15, 0.2) is 0 Å². The van der Waals surface area contributed by atoms with E-state index in [1.807, 2.05) is 12.8 Å². The van der Waals surface area contributed by atoms with Crippen molar-refractivity contribution in [3.05, 3.63) is 35.9 Å². The molecule has 0 fully saturated rings. The second-order valence-electron chi connectivity index (χ2n) is 3.98. The largest absolute Gasteiger partial charge is 0.433 e. The van der Waals surface area contributed by atoms with Crippen molar-refractivity contribution >= 4 is 0 Å². The Hall–Kier alpha value is -1.47. The predicted molar refractivity (Wildman–Crippen MR) is 63.7 cm³/mol. The number of hydrogen-bond donors (Lipinski definition) is 1. The standard InChI is InChI=1S/C14H15F3O/c1-2-3-4-8-11-13(18,14(15,16)17)12-9-6-5-7-10-12/h5-7,9-10,18H,2-4H2,1H3. The number of rotatable bonds is 3. The number of benzene rings is 1. The highest BCUT2D eigenvalue weighted by atomic mass is 19.4. The van der Waals surface area contributed by atoms with Crippen LogP contribution >= 0.6 is 0 Å². The molecule has 1 aromatic carbocycles. The molecule has 0 aliphatic heterocycles. The van der Waals surface area contributed by atoms with Gasteiger partial charge in [0.2, 0.25) is 5.60 Å². The fourth-order valence-corrected chi connectivity index (χ4v) is 1.44. The summed E-state index contributed by atoms with van der Waals surface area (Å²) in [7, 11) is 0. The molecule has 4 heteroatoms. The smallest absolute Gasteiger partial charge is 0.366 e. The molecule has 0 radical (unpaired) electrons. The van der Waals surface area contributed by atoms with Crippen molar-refractivity contribution in [1.82, 2.24) is 0 Å². The first-order valence-electron chi connectivity index (χ1n) is 5.76. The third-order valence-corrected chi connectivity index (χ3v) is 2.53. The van der Waals surface area contributed by atoms with E-state index in [1.165, 1.54) is 24.3 Å². The van der Waals surface area contributed by atoms with Gasteiger partial charge >= 0.3 is 6.18 Å². The molecular formula is C14H15F3O. The van der Waals surface area contributed by atoms with Crippen molar-refractivity contribution in [2.45, 2.75) is 38.0 Å². The lowest BCUT2D eigenvalue weighted by Crippen LogP contribution is -2.41. The van der Waals surface area contributed by atoms with Gasteiger partial charge in [0.25, 0.3) is 0 Å². The summed E-state index contributed by atoms with van der Waals surface area (Å²) in [5.74, 6) is 4.38. The minimum Gasteiger partial charge on any atom is -0.366 e. The zero-order valence-electron chi connectivity index (χ0n) is 10.1. The Morgan fingerprint density at radius 1 is 1.17 bits per heavy atom. The van der Waals surface area contributed by atoms with Crippen LogP contribution in [-0.2, 0) is 5.60 Å². The second kappa shape index (κ2) is 5.92. The first kappa shape index (κ1) is 14.6. The molecule has 18 heavy (non-hydrogen) atoms. The molecule has 0 heterocycles. The highest BCUT2D eigenvalue weighted by Crippen LogP contribution is 2.38. The molecular weight excluding hydrogens is 241 g/mol. The molecule has 1 rings (SSSR count). The summed E-state index contributed by atoms with van der Waals surface area (Å²) in [6.45, 7) is 1.93. The first-order valence-corrected chi connectivity index (χ1v) is 5.76. The van der Waals surface area contributed by atoms with E-state index in [0.717, 1.165) is 12.8 Å². The number of hydrogen-bond acceptors (Lipinski definition) is 1. The zero-order valence-corrected chi connectivity index (χ0v) is 10.1. The summed E-state index contributed by atoms with van der Waals surface area (Å²) in [4.78, 5) is 0. The molecule has 0 aromatic heterocycles. The van der Waals surface area contributed by atoms with E-state index in [2.05, 4.69) is 5.92 Å². The number of alkyl halides is 3. The molecule has 1 atom stereocenters. The van der Waals surface area contributed by atoms with Gasteiger partial charge in [-0.2, -0.15) is 13.2 Å². The number of unbranched alkanes of at least 4 members (excludes halogenated alkanes) is 2. The summed E-state index contributed by atoms with van der Waals surface area (Å²) in [6, 6.07) is 6.92. The Morgan fingerprint density at radius 2 is 1.78 bits per heavy atom. The van der Waals surface area contributed by atoms with Crippen LogP contribution in [0.4, 0.5) is 13.2 Å². The molecule has 0 amide bonds. The predicted octanol–water partition coefficient (Wildman–Crippen LogP) is 3.63. The van der Waals surface area contributed by atoms with Crippen LogP contribution in [0, 0.1) is 11.8 Å². The van der Waals surface area contributed by atoms with E-state index in [9.17, 15) is 18.3 Å². The molecule has 0 bridgehead atoms. The summed E-state index contributed by atoms with van der Waals surface area (Å²) < 4.78 is 38.8. The normalized spacial score (nSPS) is 14.5. The fraction of sp³-hybridized carbons (Fsp3) is 0.429. The molecule has 1 aromatic rings. The van der Waals surface area contributed by atoms with Crippen molar-refractivity contribution in [3.8, 4) is 11.8 Å². The average molecular weight is 256 g/mol. The Labute approximate surface area is 105 Å². The van der Waals surface area contributed by atoms with Gasteiger partial charge in [-0.05, 0) is 6.42 Å². The Morgan fingerprint density at radius 3 is 2.28 bits per heavy atom. The van der Waals surface area contributed by atoms with Crippen molar-refractivity contribution in [2.24, 2.45) is 0 Å². The maximum atomic E-state index is 12.9. The van der Waals surface area contributed by atoms with Gasteiger partial charge in [-0.15, -0.1) is 0 Å². The van der Waals surface area contributed by atoms with Crippen LogP contribution in [0.1, 0.15) is 31.7 Å². The molecule has 0 spiro atoms. The molecule has 0 aliphatic rings. The monoisotopic (exact) mass is 256 g/mol. The van der Waals surface area contributed by atoms with E-state index >= 15 is 0 Å². The molecule has 1 unspecified atom stereocenters. The van der Waals surface area contributed by atoms with Gasteiger partial charge in [-0.25, -0.2) is 0 Å². The van der Waals surface area contributed by atoms with E-state index in [0.29, 0.717) is 6.42 Å². The van der Waals surface area contributed by atoms with Crippen LogP contribution < -0.4 is 0 Å². The van der Waals surface area contributed by atoms with Crippen LogP contribution in [-0.4, -0.2) is 11.3 Å². The summed E-state index contributed by atoms with van der Waals surface area (Å²) in [5, 5.41) is 9.82. The number of halogens is 3. The zero-order chi connectivity index (χ0) is 13.6. The molecule has 1 nitrogen and oxygen atoms in total. The van der Waals surface area contributed by atoms with Crippen LogP contribution in [0.15, 0.2) is 30.3 Å².